The predicted octanol–water partition coefficient (Wildman–Crippen LogP) is 4.45. The molecule has 0 aliphatic carbocycles. The molecule has 0 radical (unpaired) electrons. The van der Waals surface area contributed by atoms with E-state index in [1.54, 1.807) is 13.2 Å². The molecule has 0 amide bonds. The molecule has 0 aromatic heterocycles. The number of halogens is 2. The SMILES string of the molecule is CCNC(c1ccc(OC)cc1C)c1ccc(F)cc1I. The Kier molecular flexibility index (Phi) is 5.58. The molecule has 0 saturated carbocycles. The first kappa shape index (κ1) is 16.2. The number of ether oxygens (including phenoxy) is 1. The first-order chi connectivity index (χ1) is 10.1. The van der Waals surface area contributed by atoms with Gasteiger partial charge in [-0.15, -0.1) is 0 Å². The Hall–Kier alpha value is -1.14. The van der Waals surface area contributed by atoms with Crippen LogP contribution in [0.15, 0.2) is 36.4 Å². The van der Waals surface area contributed by atoms with Gasteiger partial charge in [0, 0.05) is 3.57 Å². The summed E-state index contributed by atoms with van der Waals surface area (Å²) in [6.45, 7) is 4.98. The molecule has 0 heterocycles. The topological polar surface area (TPSA) is 21.3 Å². The molecular weight excluding hydrogens is 380 g/mol. The Morgan fingerprint density at radius 3 is 2.48 bits per heavy atom. The maximum Gasteiger partial charge on any atom is 0.124 e. The van der Waals surface area contributed by atoms with Gasteiger partial charge in [0.2, 0.25) is 0 Å². The molecule has 0 spiro atoms. The first-order valence-corrected chi connectivity index (χ1v) is 7.97. The molecule has 2 aromatic rings. The fraction of sp³-hybridized carbons (Fsp3) is 0.294. The van der Waals surface area contributed by atoms with E-state index in [1.807, 2.05) is 18.2 Å². The summed E-state index contributed by atoms with van der Waals surface area (Å²) in [5, 5.41) is 3.49. The minimum absolute atomic E-state index is 0.0495. The van der Waals surface area contributed by atoms with Crippen LogP contribution in [0.1, 0.15) is 29.7 Å². The molecule has 4 heteroatoms. The molecule has 0 saturated heterocycles. The van der Waals surface area contributed by atoms with Crippen molar-refractivity contribution in [3.05, 3.63) is 62.5 Å². The van der Waals surface area contributed by atoms with Crippen molar-refractivity contribution in [3.63, 3.8) is 0 Å². The Morgan fingerprint density at radius 1 is 1.19 bits per heavy atom. The van der Waals surface area contributed by atoms with E-state index in [4.69, 9.17) is 4.74 Å². The van der Waals surface area contributed by atoms with Crippen molar-refractivity contribution in [3.8, 4) is 5.75 Å². The molecule has 2 nitrogen and oxygen atoms in total. The molecule has 0 bridgehead atoms. The summed E-state index contributed by atoms with van der Waals surface area (Å²) >= 11 is 2.19. The summed E-state index contributed by atoms with van der Waals surface area (Å²) in [6, 6.07) is 11.0. The maximum atomic E-state index is 13.3. The van der Waals surface area contributed by atoms with Crippen molar-refractivity contribution >= 4 is 22.6 Å². The second-order valence-electron chi connectivity index (χ2n) is 4.88. The van der Waals surface area contributed by atoms with Crippen molar-refractivity contribution in [1.29, 1.82) is 0 Å². The van der Waals surface area contributed by atoms with E-state index in [2.05, 4.69) is 47.8 Å². The fourth-order valence-corrected chi connectivity index (χ4v) is 3.21. The average molecular weight is 399 g/mol. The molecule has 2 aromatic carbocycles. The standard InChI is InChI=1S/C17H19FINO/c1-4-20-17(15-7-5-12(18)10-16(15)19)14-8-6-13(21-3)9-11(14)2/h5-10,17,20H,4H2,1-3H3. The second-order valence-corrected chi connectivity index (χ2v) is 6.04. The third-order valence-corrected chi connectivity index (χ3v) is 4.40. The minimum Gasteiger partial charge on any atom is -0.497 e. The third-order valence-electron chi connectivity index (χ3n) is 3.47. The molecular formula is C17H19FINO. The number of benzene rings is 2. The second kappa shape index (κ2) is 7.22. The van der Waals surface area contributed by atoms with Gasteiger partial charge in [-0.2, -0.15) is 0 Å². The summed E-state index contributed by atoms with van der Waals surface area (Å²) in [5.41, 5.74) is 3.43. The average Bonchev–Trinajstić information content (AvgIpc) is 2.46. The van der Waals surface area contributed by atoms with E-state index in [0.717, 1.165) is 27.0 Å². The number of aryl methyl sites for hydroxylation is 1. The van der Waals surface area contributed by atoms with Gasteiger partial charge < -0.3 is 10.1 Å². The van der Waals surface area contributed by atoms with E-state index in [0.29, 0.717) is 0 Å². The minimum atomic E-state index is -0.204. The highest BCUT2D eigenvalue weighted by atomic mass is 127. The van der Waals surface area contributed by atoms with Crippen LogP contribution in [0.3, 0.4) is 0 Å². The van der Waals surface area contributed by atoms with Crippen molar-refractivity contribution in [2.75, 3.05) is 13.7 Å². The highest BCUT2D eigenvalue weighted by molar-refractivity contribution is 14.1. The van der Waals surface area contributed by atoms with Crippen LogP contribution < -0.4 is 10.1 Å². The van der Waals surface area contributed by atoms with Crippen LogP contribution >= 0.6 is 22.6 Å². The number of hydrogen-bond donors (Lipinski definition) is 1. The van der Waals surface area contributed by atoms with E-state index < -0.39 is 0 Å². The summed E-state index contributed by atoms with van der Waals surface area (Å²) < 4.78 is 19.5. The van der Waals surface area contributed by atoms with Crippen LogP contribution in [0.2, 0.25) is 0 Å². The Morgan fingerprint density at radius 2 is 1.90 bits per heavy atom. The van der Waals surface area contributed by atoms with E-state index in [1.165, 1.54) is 11.6 Å². The lowest BCUT2D eigenvalue weighted by atomic mass is 9.94. The van der Waals surface area contributed by atoms with Gasteiger partial charge in [0.15, 0.2) is 0 Å². The molecule has 2 rings (SSSR count). The van der Waals surface area contributed by atoms with Crippen molar-refractivity contribution < 1.29 is 9.13 Å². The Labute approximate surface area is 138 Å². The first-order valence-electron chi connectivity index (χ1n) is 6.89. The van der Waals surface area contributed by atoms with Crippen LogP contribution in [0, 0.1) is 16.3 Å². The molecule has 0 aliphatic heterocycles. The normalized spacial score (nSPS) is 12.2. The summed E-state index contributed by atoms with van der Waals surface area (Å²) in [4.78, 5) is 0. The van der Waals surface area contributed by atoms with Gasteiger partial charge in [0.1, 0.15) is 11.6 Å². The number of nitrogens with one attached hydrogen (secondary N) is 1. The highest BCUT2D eigenvalue weighted by Crippen LogP contribution is 2.30. The number of hydrogen-bond acceptors (Lipinski definition) is 2. The Bertz CT molecular complexity index is 630. The number of rotatable bonds is 5. The predicted molar refractivity (Wildman–Crippen MR) is 92.4 cm³/mol. The van der Waals surface area contributed by atoms with Gasteiger partial charge in [-0.1, -0.05) is 19.1 Å². The molecule has 0 fully saturated rings. The molecule has 1 unspecified atom stereocenters. The van der Waals surface area contributed by atoms with Crippen LogP contribution in [0.5, 0.6) is 5.75 Å². The third kappa shape index (κ3) is 3.74. The molecule has 1 N–H and O–H groups in total. The molecule has 0 aliphatic rings. The zero-order valence-corrected chi connectivity index (χ0v) is 14.6. The van der Waals surface area contributed by atoms with Crippen LogP contribution in [0.25, 0.3) is 0 Å². The molecule has 1 atom stereocenters. The van der Waals surface area contributed by atoms with Crippen LogP contribution in [0.4, 0.5) is 4.39 Å². The number of methoxy groups -OCH3 is 1. The smallest absolute Gasteiger partial charge is 0.124 e. The van der Waals surface area contributed by atoms with Crippen LogP contribution in [-0.2, 0) is 0 Å². The zero-order valence-electron chi connectivity index (χ0n) is 12.4. The van der Waals surface area contributed by atoms with Gasteiger partial charge in [-0.3, -0.25) is 0 Å². The summed E-state index contributed by atoms with van der Waals surface area (Å²) in [6.07, 6.45) is 0. The van der Waals surface area contributed by atoms with Crippen molar-refractivity contribution in [2.24, 2.45) is 0 Å². The monoisotopic (exact) mass is 399 g/mol. The van der Waals surface area contributed by atoms with Crippen molar-refractivity contribution in [2.45, 2.75) is 19.9 Å². The van der Waals surface area contributed by atoms with E-state index in [9.17, 15) is 4.39 Å². The van der Waals surface area contributed by atoms with Gasteiger partial charge in [-0.25, -0.2) is 4.39 Å². The largest absolute Gasteiger partial charge is 0.497 e. The highest BCUT2D eigenvalue weighted by Gasteiger charge is 2.18. The van der Waals surface area contributed by atoms with Gasteiger partial charge in [0.25, 0.3) is 0 Å². The Balaban J connectivity index is 2.48. The van der Waals surface area contributed by atoms with E-state index in [-0.39, 0.29) is 11.9 Å². The lowest BCUT2D eigenvalue weighted by Gasteiger charge is -2.22. The van der Waals surface area contributed by atoms with E-state index >= 15 is 0 Å². The fourth-order valence-electron chi connectivity index (χ4n) is 2.43. The summed E-state index contributed by atoms with van der Waals surface area (Å²) in [5.74, 6) is 0.644. The van der Waals surface area contributed by atoms with Crippen LogP contribution in [-0.4, -0.2) is 13.7 Å². The molecule has 112 valence electrons. The van der Waals surface area contributed by atoms with Gasteiger partial charge >= 0.3 is 0 Å². The van der Waals surface area contributed by atoms with Crippen molar-refractivity contribution in [1.82, 2.24) is 5.32 Å². The van der Waals surface area contributed by atoms with Gasteiger partial charge in [-0.05, 0) is 77.0 Å². The van der Waals surface area contributed by atoms with Gasteiger partial charge in [0.05, 0.1) is 13.2 Å². The zero-order chi connectivity index (χ0) is 15.4. The maximum absolute atomic E-state index is 13.3. The summed E-state index contributed by atoms with van der Waals surface area (Å²) in [7, 11) is 1.67. The lowest BCUT2D eigenvalue weighted by Crippen LogP contribution is -2.23. The quantitative estimate of drug-likeness (QED) is 0.751. The lowest BCUT2D eigenvalue weighted by molar-refractivity contribution is 0.414. The molecule has 21 heavy (non-hydrogen) atoms.